The molecule has 3 saturated carbocycles. The SMILES string of the molecule is O=C(O)[C@H]1C2CCC(CC2)[C@@H]1Nc1nc(-c2c[nH]c3c(F)cc(F)cc23)nc(-c2cccs2)c1F. The zero-order valence-corrected chi connectivity index (χ0v) is 19.2. The molecule has 0 amide bonds. The molecule has 2 atom stereocenters. The molecule has 2 bridgehead atoms. The number of fused-ring (bicyclic) bond motifs is 4. The van der Waals surface area contributed by atoms with E-state index in [1.54, 1.807) is 17.5 Å². The van der Waals surface area contributed by atoms with Gasteiger partial charge in [0.15, 0.2) is 17.5 Å². The third-order valence-corrected chi connectivity index (χ3v) is 8.24. The van der Waals surface area contributed by atoms with Crippen molar-refractivity contribution in [1.82, 2.24) is 15.0 Å². The van der Waals surface area contributed by atoms with Crippen molar-refractivity contribution in [2.45, 2.75) is 31.7 Å². The number of halogens is 3. The highest BCUT2D eigenvalue weighted by Crippen LogP contribution is 2.47. The van der Waals surface area contributed by atoms with Gasteiger partial charge in [-0.2, -0.15) is 0 Å². The smallest absolute Gasteiger partial charge is 0.308 e. The number of carbonyl (C=O) groups is 1. The normalized spacial score (nSPS) is 23.6. The summed E-state index contributed by atoms with van der Waals surface area (Å²) in [5.74, 6) is -3.61. The first-order valence-corrected chi connectivity index (χ1v) is 12.4. The number of benzene rings is 1. The van der Waals surface area contributed by atoms with Gasteiger partial charge in [-0.15, -0.1) is 11.3 Å². The Balaban J connectivity index is 1.50. The molecule has 0 spiro atoms. The number of aromatic amines is 1. The van der Waals surface area contributed by atoms with E-state index in [0.29, 0.717) is 10.4 Å². The van der Waals surface area contributed by atoms with E-state index >= 15 is 4.39 Å². The molecule has 180 valence electrons. The molecule has 6 nitrogen and oxygen atoms in total. The molecule has 3 aromatic heterocycles. The fraction of sp³-hybridized carbons (Fsp3) is 0.320. The van der Waals surface area contributed by atoms with Gasteiger partial charge in [0, 0.05) is 29.3 Å². The maximum Gasteiger partial charge on any atom is 0.308 e. The second kappa shape index (κ2) is 8.37. The van der Waals surface area contributed by atoms with Gasteiger partial charge in [-0.25, -0.2) is 23.1 Å². The van der Waals surface area contributed by atoms with Gasteiger partial charge in [0.25, 0.3) is 0 Å². The average molecular weight is 499 g/mol. The van der Waals surface area contributed by atoms with Crippen LogP contribution < -0.4 is 5.32 Å². The number of hydrogen-bond acceptors (Lipinski definition) is 5. The van der Waals surface area contributed by atoms with Crippen LogP contribution in [0.5, 0.6) is 0 Å². The maximum atomic E-state index is 15.8. The minimum Gasteiger partial charge on any atom is -0.481 e. The second-order valence-corrected chi connectivity index (χ2v) is 10.2. The number of carboxylic acids is 1. The minimum absolute atomic E-state index is 0.0377. The zero-order valence-electron chi connectivity index (χ0n) is 18.4. The van der Waals surface area contributed by atoms with Gasteiger partial charge in [0.1, 0.15) is 17.3 Å². The molecule has 3 aliphatic carbocycles. The first-order valence-electron chi connectivity index (χ1n) is 11.5. The van der Waals surface area contributed by atoms with Crippen LogP contribution in [0.3, 0.4) is 0 Å². The van der Waals surface area contributed by atoms with Crippen LogP contribution in [-0.4, -0.2) is 32.1 Å². The van der Waals surface area contributed by atoms with Crippen LogP contribution in [0.4, 0.5) is 19.0 Å². The number of thiophene rings is 1. The van der Waals surface area contributed by atoms with Crippen molar-refractivity contribution < 1.29 is 23.1 Å². The first kappa shape index (κ1) is 22.1. The molecule has 3 heterocycles. The summed E-state index contributed by atoms with van der Waals surface area (Å²) in [6, 6.07) is 4.98. The third kappa shape index (κ3) is 3.67. The lowest BCUT2D eigenvalue weighted by molar-refractivity contribution is -0.148. The summed E-state index contributed by atoms with van der Waals surface area (Å²) in [7, 11) is 0. The van der Waals surface area contributed by atoms with Crippen molar-refractivity contribution in [3.8, 4) is 22.0 Å². The van der Waals surface area contributed by atoms with Gasteiger partial charge in [-0.05, 0) is 55.0 Å². The number of anilines is 1. The predicted molar refractivity (Wildman–Crippen MR) is 126 cm³/mol. The Morgan fingerprint density at radius 1 is 1.11 bits per heavy atom. The van der Waals surface area contributed by atoms with E-state index in [0.717, 1.165) is 31.7 Å². The van der Waals surface area contributed by atoms with Crippen LogP contribution in [0.2, 0.25) is 0 Å². The molecule has 35 heavy (non-hydrogen) atoms. The van der Waals surface area contributed by atoms with E-state index in [1.165, 1.54) is 23.6 Å². The van der Waals surface area contributed by atoms with Gasteiger partial charge in [0.2, 0.25) is 0 Å². The third-order valence-electron chi connectivity index (χ3n) is 7.36. The van der Waals surface area contributed by atoms with Crippen molar-refractivity contribution >= 4 is 34.0 Å². The molecule has 7 rings (SSSR count). The summed E-state index contributed by atoms with van der Waals surface area (Å²) in [4.78, 5) is 24.3. The number of carboxylic acid groups (broad SMARTS) is 1. The van der Waals surface area contributed by atoms with Crippen molar-refractivity contribution in [3.63, 3.8) is 0 Å². The molecule has 3 N–H and O–H groups in total. The predicted octanol–water partition coefficient (Wildman–Crippen LogP) is 6.07. The molecule has 0 aliphatic heterocycles. The number of rotatable bonds is 5. The quantitative estimate of drug-likeness (QED) is 0.311. The largest absolute Gasteiger partial charge is 0.481 e. The first-order chi connectivity index (χ1) is 16.9. The average Bonchev–Trinajstić information content (AvgIpc) is 3.51. The van der Waals surface area contributed by atoms with Crippen molar-refractivity contribution in [1.29, 1.82) is 0 Å². The van der Waals surface area contributed by atoms with Crippen LogP contribution in [0.1, 0.15) is 25.7 Å². The van der Waals surface area contributed by atoms with Crippen LogP contribution >= 0.6 is 11.3 Å². The number of hydrogen-bond donors (Lipinski definition) is 3. The second-order valence-electron chi connectivity index (χ2n) is 9.26. The highest BCUT2D eigenvalue weighted by Gasteiger charge is 2.47. The standard InChI is InChI=1S/C25H21F3N4O2S/c26-13-8-14-15(10-29-21(14)16(27)9-13)23-31-22(17-2-1-7-35-17)19(28)24(32-23)30-20-12-5-3-11(4-6-12)18(20)25(33)34/h1-2,7-12,18,20,29H,3-6H2,(H,33,34)(H,30,31,32)/t11?,12?,18-,20-/m0/s1. The zero-order chi connectivity index (χ0) is 24.3. The Morgan fingerprint density at radius 3 is 2.60 bits per heavy atom. The van der Waals surface area contributed by atoms with E-state index in [9.17, 15) is 18.7 Å². The molecule has 4 aromatic rings. The Kier molecular flexibility index (Phi) is 5.28. The number of nitrogens with one attached hydrogen (secondary N) is 2. The van der Waals surface area contributed by atoms with Gasteiger partial charge in [0.05, 0.1) is 16.3 Å². The number of aliphatic carboxylic acids is 1. The molecule has 0 radical (unpaired) electrons. The fourth-order valence-corrected chi connectivity index (χ4v) is 6.46. The Morgan fingerprint density at radius 2 is 1.89 bits per heavy atom. The topological polar surface area (TPSA) is 90.9 Å². The lowest BCUT2D eigenvalue weighted by Gasteiger charge is -2.47. The van der Waals surface area contributed by atoms with E-state index in [1.807, 2.05) is 0 Å². The van der Waals surface area contributed by atoms with Gasteiger partial charge < -0.3 is 15.4 Å². The summed E-state index contributed by atoms with van der Waals surface area (Å²) in [6.07, 6.45) is 4.93. The Bertz CT molecular complexity index is 1430. The maximum absolute atomic E-state index is 15.8. The highest BCUT2D eigenvalue weighted by atomic mass is 32.1. The van der Waals surface area contributed by atoms with E-state index in [-0.39, 0.29) is 40.1 Å². The van der Waals surface area contributed by atoms with Crippen molar-refractivity contribution in [2.75, 3.05) is 5.32 Å². The van der Waals surface area contributed by atoms with Crippen molar-refractivity contribution in [3.05, 3.63) is 53.3 Å². The molecule has 10 heteroatoms. The van der Waals surface area contributed by atoms with Crippen LogP contribution in [0.15, 0.2) is 35.8 Å². The molecule has 3 fully saturated rings. The summed E-state index contributed by atoms with van der Waals surface area (Å²) in [6.45, 7) is 0. The Labute approximate surface area is 202 Å². The number of aromatic nitrogens is 3. The van der Waals surface area contributed by atoms with Crippen LogP contribution in [-0.2, 0) is 4.79 Å². The summed E-state index contributed by atoms with van der Waals surface area (Å²) < 4.78 is 44.1. The number of H-pyrrole nitrogens is 1. The highest BCUT2D eigenvalue weighted by molar-refractivity contribution is 7.13. The molecular weight excluding hydrogens is 477 g/mol. The van der Waals surface area contributed by atoms with Crippen molar-refractivity contribution in [2.24, 2.45) is 17.8 Å². The van der Waals surface area contributed by atoms with Crippen LogP contribution in [0, 0.1) is 35.2 Å². The molecule has 0 unspecified atom stereocenters. The van der Waals surface area contributed by atoms with Gasteiger partial charge in [-0.1, -0.05) is 6.07 Å². The van der Waals surface area contributed by atoms with E-state index < -0.39 is 35.4 Å². The summed E-state index contributed by atoms with van der Waals surface area (Å²) >= 11 is 1.30. The monoisotopic (exact) mass is 498 g/mol. The molecule has 1 aromatic carbocycles. The van der Waals surface area contributed by atoms with E-state index in [4.69, 9.17) is 0 Å². The van der Waals surface area contributed by atoms with Gasteiger partial charge in [-0.3, -0.25) is 4.79 Å². The van der Waals surface area contributed by atoms with Gasteiger partial charge >= 0.3 is 5.97 Å². The van der Waals surface area contributed by atoms with Crippen LogP contribution in [0.25, 0.3) is 32.9 Å². The lowest BCUT2D eigenvalue weighted by Crippen LogP contribution is -2.51. The molecule has 0 saturated heterocycles. The van der Waals surface area contributed by atoms with E-state index in [2.05, 4.69) is 20.3 Å². The Hall–Kier alpha value is -3.40. The molecule has 3 aliphatic rings. The summed E-state index contributed by atoms with van der Waals surface area (Å²) in [5, 5.41) is 15.1. The lowest BCUT2D eigenvalue weighted by atomic mass is 9.61. The number of nitrogens with zero attached hydrogens (tertiary/aromatic N) is 2. The summed E-state index contributed by atoms with van der Waals surface area (Å²) in [5.41, 5.74) is 0.461. The minimum atomic E-state index is -0.896. The molecular formula is C25H21F3N4O2S. The fourth-order valence-electron chi connectivity index (χ4n) is 5.75.